The Bertz CT molecular complexity index is 197. The van der Waals surface area contributed by atoms with Gasteiger partial charge in [-0.1, -0.05) is 6.92 Å². The van der Waals surface area contributed by atoms with Gasteiger partial charge in [0.05, 0.1) is 12.5 Å². The van der Waals surface area contributed by atoms with E-state index in [4.69, 9.17) is 4.74 Å². The monoisotopic (exact) mass is 183 g/mol. The first-order valence-corrected chi connectivity index (χ1v) is 5.14. The summed E-state index contributed by atoms with van der Waals surface area (Å²) < 4.78 is 5.22. The molecule has 0 amide bonds. The molecular formula is C10H17NO2. The molecule has 0 spiro atoms. The highest BCUT2D eigenvalue weighted by Crippen LogP contribution is 2.29. The fourth-order valence-electron chi connectivity index (χ4n) is 1.47. The maximum absolute atomic E-state index is 11.5. The van der Waals surface area contributed by atoms with Gasteiger partial charge < -0.3 is 10.1 Å². The van der Waals surface area contributed by atoms with Gasteiger partial charge in [-0.2, -0.15) is 0 Å². The van der Waals surface area contributed by atoms with Crippen LogP contribution < -0.4 is 5.32 Å². The molecule has 0 bridgehead atoms. The first-order chi connectivity index (χ1) is 6.27. The van der Waals surface area contributed by atoms with Crippen LogP contribution in [0.2, 0.25) is 0 Å². The van der Waals surface area contributed by atoms with Crippen LogP contribution in [-0.4, -0.2) is 25.7 Å². The molecule has 1 unspecified atom stereocenters. The molecule has 2 fully saturated rings. The number of rotatable bonds is 4. The Hall–Kier alpha value is -0.570. The summed E-state index contributed by atoms with van der Waals surface area (Å²) >= 11 is 0. The average molecular weight is 183 g/mol. The molecular weight excluding hydrogens is 166 g/mol. The first kappa shape index (κ1) is 9.00. The van der Waals surface area contributed by atoms with Gasteiger partial charge in [-0.25, -0.2) is 0 Å². The molecule has 1 saturated heterocycles. The van der Waals surface area contributed by atoms with Crippen molar-refractivity contribution in [1.29, 1.82) is 0 Å². The van der Waals surface area contributed by atoms with Gasteiger partial charge in [-0.15, -0.1) is 0 Å². The van der Waals surface area contributed by atoms with Crippen LogP contribution in [0.4, 0.5) is 0 Å². The van der Waals surface area contributed by atoms with E-state index in [1.165, 1.54) is 12.8 Å². The van der Waals surface area contributed by atoms with Gasteiger partial charge in [0.2, 0.25) is 0 Å². The minimum absolute atomic E-state index is 0.00148. The SMILES string of the molecule is CC(C(=O)OCC1CC1)C1CNC1. The molecule has 1 aliphatic heterocycles. The molecule has 0 radical (unpaired) electrons. The molecule has 13 heavy (non-hydrogen) atoms. The predicted molar refractivity (Wildman–Crippen MR) is 49.2 cm³/mol. The maximum atomic E-state index is 11.5. The van der Waals surface area contributed by atoms with Crippen LogP contribution in [0.1, 0.15) is 19.8 Å². The number of carbonyl (C=O) groups is 1. The van der Waals surface area contributed by atoms with E-state index in [1.807, 2.05) is 6.92 Å². The normalized spacial score (nSPS) is 25.0. The van der Waals surface area contributed by atoms with E-state index in [0.717, 1.165) is 13.1 Å². The van der Waals surface area contributed by atoms with E-state index in [9.17, 15) is 4.79 Å². The van der Waals surface area contributed by atoms with Crippen molar-refractivity contribution < 1.29 is 9.53 Å². The van der Waals surface area contributed by atoms with E-state index in [-0.39, 0.29) is 11.9 Å². The van der Waals surface area contributed by atoms with Crippen molar-refractivity contribution in [2.75, 3.05) is 19.7 Å². The Kier molecular flexibility index (Phi) is 2.54. The highest BCUT2D eigenvalue weighted by Gasteiger charge is 2.31. The quantitative estimate of drug-likeness (QED) is 0.655. The van der Waals surface area contributed by atoms with Crippen LogP contribution in [0, 0.1) is 17.8 Å². The van der Waals surface area contributed by atoms with Crippen LogP contribution >= 0.6 is 0 Å². The standard InChI is InChI=1S/C10H17NO2/c1-7(9-4-11-5-9)10(12)13-6-8-2-3-8/h7-9,11H,2-6H2,1H3. The smallest absolute Gasteiger partial charge is 0.309 e. The molecule has 1 aliphatic carbocycles. The molecule has 2 aliphatic rings. The van der Waals surface area contributed by atoms with Gasteiger partial charge in [0.15, 0.2) is 0 Å². The molecule has 1 N–H and O–H groups in total. The summed E-state index contributed by atoms with van der Waals surface area (Å²) in [5, 5.41) is 3.17. The van der Waals surface area contributed by atoms with Gasteiger partial charge in [-0.3, -0.25) is 4.79 Å². The summed E-state index contributed by atoms with van der Waals surface area (Å²) in [5.74, 6) is 1.26. The largest absolute Gasteiger partial charge is 0.465 e. The molecule has 1 heterocycles. The lowest BCUT2D eigenvalue weighted by Gasteiger charge is -2.31. The van der Waals surface area contributed by atoms with Crippen molar-refractivity contribution in [1.82, 2.24) is 5.32 Å². The van der Waals surface area contributed by atoms with Gasteiger partial charge in [0, 0.05) is 0 Å². The van der Waals surface area contributed by atoms with Crippen LogP contribution in [0.15, 0.2) is 0 Å². The molecule has 1 saturated carbocycles. The van der Waals surface area contributed by atoms with E-state index in [0.29, 0.717) is 18.4 Å². The first-order valence-electron chi connectivity index (χ1n) is 5.14. The second-order valence-electron chi connectivity index (χ2n) is 4.28. The molecule has 3 nitrogen and oxygen atoms in total. The third-order valence-electron chi connectivity index (χ3n) is 3.05. The van der Waals surface area contributed by atoms with Crippen molar-refractivity contribution in [2.45, 2.75) is 19.8 Å². The van der Waals surface area contributed by atoms with Gasteiger partial charge in [-0.05, 0) is 37.8 Å². The van der Waals surface area contributed by atoms with Crippen molar-refractivity contribution in [3.8, 4) is 0 Å². The molecule has 1 atom stereocenters. The zero-order chi connectivity index (χ0) is 9.26. The summed E-state index contributed by atoms with van der Waals surface area (Å²) in [7, 11) is 0. The van der Waals surface area contributed by atoms with Crippen LogP contribution in [-0.2, 0) is 9.53 Å². The number of hydrogen-bond donors (Lipinski definition) is 1. The molecule has 0 aromatic rings. The Morgan fingerprint density at radius 2 is 2.23 bits per heavy atom. The lowest BCUT2D eigenvalue weighted by molar-refractivity contribution is -0.151. The van der Waals surface area contributed by atoms with Crippen molar-refractivity contribution >= 4 is 5.97 Å². The van der Waals surface area contributed by atoms with Crippen LogP contribution in [0.3, 0.4) is 0 Å². The molecule has 0 aromatic carbocycles. The van der Waals surface area contributed by atoms with E-state index in [1.54, 1.807) is 0 Å². The van der Waals surface area contributed by atoms with E-state index in [2.05, 4.69) is 5.32 Å². The molecule has 74 valence electrons. The molecule has 2 rings (SSSR count). The number of nitrogens with one attached hydrogen (secondary N) is 1. The van der Waals surface area contributed by atoms with Gasteiger partial charge >= 0.3 is 5.97 Å². The van der Waals surface area contributed by atoms with E-state index >= 15 is 0 Å². The zero-order valence-corrected chi connectivity index (χ0v) is 8.08. The Morgan fingerprint density at radius 3 is 2.69 bits per heavy atom. The highest BCUT2D eigenvalue weighted by atomic mass is 16.5. The predicted octanol–water partition coefficient (Wildman–Crippen LogP) is 0.795. The van der Waals surface area contributed by atoms with Gasteiger partial charge in [0.1, 0.15) is 0 Å². The van der Waals surface area contributed by atoms with Crippen molar-refractivity contribution in [3.05, 3.63) is 0 Å². The maximum Gasteiger partial charge on any atom is 0.309 e. The van der Waals surface area contributed by atoms with Crippen LogP contribution in [0.25, 0.3) is 0 Å². The molecule has 3 heteroatoms. The van der Waals surface area contributed by atoms with Gasteiger partial charge in [0.25, 0.3) is 0 Å². The molecule has 0 aromatic heterocycles. The summed E-state index contributed by atoms with van der Waals surface area (Å²) in [6.07, 6.45) is 2.49. The summed E-state index contributed by atoms with van der Waals surface area (Å²) in [6, 6.07) is 0. The second-order valence-corrected chi connectivity index (χ2v) is 4.28. The van der Waals surface area contributed by atoms with E-state index < -0.39 is 0 Å². The Morgan fingerprint density at radius 1 is 1.54 bits per heavy atom. The lowest BCUT2D eigenvalue weighted by Crippen LogP contribution is -2.47. The van der Waals surface area contributed by atoms with Crippen molar-refractivity contribution in [3.63, 3.8) is 0 Å². The third kappa shape index (κ3) is 2.21. The fraction of sp³-hybridized carbons (Fsp3) is 0.900. The number of carbonyl (C=O) groups excluding carboxylic acids is 1. The van der Waals surface area contributed by atoms with Crippen LogP contribution in [0.5, 0.6) is 0 Å². The topological polar surface area (TPSA) is 38.3 Å². The average Bonchev–Trinajstić information content (AvgIpc) is 2.79. The summed E-state index contributed by atoms with van der Waals surface area (Å²) in [5.41, 5.74) is 0. The Balaban J connectivity index is 1.67. The minimum Gasteiger partial charge on any atom is -0.465 e. The number of ether oxygens (including phenoxy) is 1. The fourth-order valence-corrected chi connectivity index (χ4v) is 1.47. The third-order valence-corrected chi connectivity index (χ3v) is 3.05. The lowest BCUT2D eigenvalue weighted by atomic mass is 9.89. The van der Waals surface area contributed by atoms with Crippen molar-refractivity contribution in [2.24, 2.45) is 17.8 Å². The summed E-state index contributed by atoms with van der Waals surface area (Å²) in [4.78, 5) is 11.5. The second kappa shape index (κ2) is 3.66. The summed E-state index contributed by atoms with van der Waals surface area (Å²) in [6.45, 7) is 4.57. The highest BCUT2D eigenvalue weighted by molar-refractivity contribution is 5.72. The minimum atomic E-state index is -0.00148. The Labute approximate surface area is 78.8 Å². The number of hydrogen-bond acceptors (Lipinski definition) is 3. The number of esters is 1. The zero-order valence-electron chi connectivity index (χ0n) is 8.08.